The van der Waals surface area contributed by atoms with Gasteiger partial charge >= 0.3 is 0 Å². The number of aliphatic hydroxyl groups is 1. The summed E-state index contributed by atoms with van der Waals surface area (Å²) < 4.78 is 0. The Morgan fingerprint density at radius 1 is 1.47 bits per heavy atom. The number of aromatic nitrogens is 1. The number of carbonyl (C=O) groups is 1. The molecule has 82 valence electrons. The van der Waals surface area contributed by atoms with E-state index < -0.39 is 5.54 Å². The van der Waals surface area contributed by atoms with Gasteiger partial charge in [-0.1, -0.05) is 0 Å². The van der Waals surface area contributed by atoms with Crippen molar-refractivity contribution in [1.82, 2.24) is 10.3 Å². The summed E-state index contributed by atoms with van der Waals surface area (Å²) in [6, 6.07) is 3.59. The van der Waals surface area contributed by atoms with Gasteiger partial charge in [-0.3, -0.25) is 9.78 Å². The molecule has 1 aromatic rings. The molecule has 0 aliphatic carbocycles. The molecule has 0 radical (unpaired) electrons. The van der Waals surface area contributed by atoms with Crippen LogP contribution in [0.3, 0.4) is 0 Å². The Morgan fingerprint density at radius 3 is 2.60 bits per heavy atom. The standard InChI is InChI=1S/C11H16N2O2/c1-11(2,8-14)13-10(15)7-9-3-5-12-6-4-9/h3-6,14H,7-8H2,1-2H3,(H,13,15). The molecule has 1 aromatic heterocycles. The lowest BCUT2D eigenvalue weighted by Crippen LogP contribution is -2.46. The van der Waals surface area contributed by atoms with Gasteiger partial charge in [-0.05, 0) is 31.5 Å². The number of amides is 1. The number of pyridine rings is 1. The number of nitrogens with one attached hydrogen (secondary N) is 1. The quantitative estimate of drug-likeness (QED) is 0.758. The van der Waals surface area contributed by atoms with Gasteiger partial charge in [0.25, 0.3) is 0 Å². The number of carbonyl (C=O) groups excluding carboxylic acids is 1. The molecule has 1 rings (SSSR count). The second-order valence-electron chi connectivity index (χ2n) is 4.12. The molecule has 0 aliphatic heterocycles. The lowest BCUT2D eigenvalue weighted by molar-refractivity contribution is -0.122. The first kappa shape index (κ1) is 11.7. The van der Waals surface area contributed by atoms with Crippen molar-refractivity contribution in [3.05, 3.63) is 30.1 Å². The number of hydrogen-bond acceptors (Lipinski definition) is 3. The molecule has 0 saturated carbocycles. The minimum Gasteiger partial charge on any atom is -0.394 e. The Kier molecular flexibility index (Phi) is 3.80. The van der Waals surface area contributed by atoms with Crippen molar-refractivity contribution < 1.29 is 9.90 Å². The molecule has 4 heteroatoms. The maximum absolute atomic E-state index is 11.5. The van der Waals surface area contributed by atoms with Gasteiger partial charge in [-0.25, -0.2) is 0 Å². The van der Waals surface area contributed by atoms with Gasteiger partial charge in [-0.15, -0.1) is 0 Å². The summed E-state index contributed by atoms with van der Waals surface area (Å²) in [5.41, 5.74) is 0.348. The molecule has 15 heavy (non-hydrogen) atoms. The zero-order chi connectivity index (χ0) is 11.3. The summed E-state index contributed by atoms with van der Waals surface area (Å²) in [4.78, 5) is 15.4. The Labute approximate surface area is 89.3 Å². The second-order valence-corrected chi connectivity index (χ2v) is 4.12. The highest BCUT2D eigenvalue weighted by molar-refractivity contribution is 5.79. The van der Waals surface area contributed by atoms with Gasteiger partial charge in [0.1, 0.15) is 0 Å². The molecule has 0 spiro atoms. The monoisotopic (exact) mass is 208 g/mol. The van der Waals surface area contributed by atoms with E-state index in [-0.39, 0.29) is 12.5 Å². The molecule has 0 aliphatic rings. The largest absolute Gasteiger partial charge is 0.394 e. The van der Waals surface area contributed by atoms with Gasteiger partial charge in [0.2, 0.25) is 5.91 Å². The normalized spacial score (nSPS) is 11.1. The van der Waals surface area contributed by atoms with Crippen molar-refractivity contribution in [2.45, 2.75) is 25.8 Å². The van der Waals surface area contributed by atoms with Crippen LogP contribution in [-0.4, -0.2) is 28.1 Å². The highest BCUT2D eigenvalue weighted by Gasteiger charge is 2.18. The van der Waals surface area contributed by atoms with Gasteiger partial charge < -0.3 is 10.4 Å². The van der Waals surface area contributed by atoms with Crippen LogP contribution in [0.2, 0.25) is 0 Å². The highest BCUT2D eigenvalue weighted by atomic mass is 16.3. The fourth-order valence-corrected chi connectivity index (χ4v) is 1.15. The maximum Gasteiger partial charge on any atom is 0.224 e. The Bertz CT molecular complexity index is 323. The molecular weight excluding hydrogens is 192 g/mol. The van der Waals surface area contributed by atoms with Crippen molar-refractivity contribution in [1.29, 1.82) is 0 Å². The number of nitrogens with zero attached hydrogens (tertiary/aromatic N) is 1. The zero-order valence-electron chi connectivity index (χ0n) is 9.03. The molecule has 0 bridgehead atoms. The molecule has 0 aromatic carbocycles. The third-order valence-corrected chi connectivity index (χ3v) is 1.99. The van der Waals surface area contributed by atoms with E-state index in [1.165, 1.54) is 0 Å². The van der Waals surface area contributed by atoms with E-state index in [4.69, 9.17) is 5.11 Å². The minimum absolute atomic E-state index is 0.0743. The van der Waals surface area contributed by atoms with Crippen LogP contribution in [-0.2, 0) is 11.2 Å². The number of aliphatic hydroxyl groups excluding tert-OH is 1. The Hall–Kier alpha value is -1.42. The maximum atomic E-state index is 11.5. The molecular formula is C11H16N2O2. The van der Waals surface area contributed by atoms with Crippen molar-refractivity contribution in [3.8, 4) is 0 Å². The van der Waals surface area contributed by atoms with Crippen molar-refractivity contribution in [3.63, 3.8) is 0 Å². The van der Waals surface area contributed by atoms with Crippen LogP contribution < -0.4 is 5.32 Å². The highest BCUT2D eigenvalue weighted by Crippen LogP contribution is 2.02. The van der Waals surface area contributed by atoms with Crippen LogP contribution in [0.5, 0.6) is 0 Å². The van der Waals surface area contributed by atoms with Crippen LogP contribution in [0.15, 0.2) is 24.5 Å². The number of rotatable bonds is 4. The summed E-state index contributed by atoms with van der Waals surface area (Å²) in [5.74, 6) is -0.0970. The molecule has 0 atom stereocenters. The average molecular weight is 208 g/mol. The SMILES string of the molecule is CC(C)(CO)NC(=O)Cc1ccncc1. The van der Waals surface area contributed by atoms with Crippen LogP contribution in [0.25, 0.3) is 0 Å². The van der Waals surface area contributed by atoms with Crippen LogP contribution in [0, 0.1) is 0 Å². The topological polar surface area (TPSA) is 62.2 Å². The van der Waals surface area contributed by atoms with Gasteiger partial charge in [0, 0.05) is 12.4 Å². The fourth-order valence-electron chi connectivity index (χ4n) is 1.15. The first-order valence-electron chi connectivity index (χ1n) is 4.84. The molecule has 1 amide bonds. The molecule has 2 N–H and O–H groups in total. The Balaban J connectivity index is 2.51. The predicted molar refractivity (Wildman–Crippen MR) is 57.2 cm³/mol. The van der Waals surface area contributed by atoms with Gasteiger partial charge in [-0.2, -0.15) is 0 Å². The molecule has 0 unspecified atom stereocenters. The molecule has 1 heterocycles. The van der Waals surface area contributed by atoms with Crippen molar-refractivity contribution in [2.24, 2.45) is 0 Å². The van der Waals surface area contributed by atoms with Crippen LogP contribution in [0.1, 0.15) is 19.4 Å². The lowest BCUT2D eigenvalue weighted by atomic mass is 10.1. The van der Waals surface area contributed by atoms with Crippen molar-refractivity contribution >= 4 is 5.91 Å². The lowest BCUT2D eigenvalue weighted by Gasteiger charge is -2.23. The molecule has 4 nitrogen and oxygen atoms in total. The van der Waals surface area contributed by atoms with E-state index >= 15 is 0 Å². The van der Waals surface area contributed by atoms with Crippen molar-refractivity contribution in [2.75, 3.05) is 6.61 Å². The van der Waals surface area contributed by atoms with E-state index in [2.05, 4.69) is 10.3 Å². The Morgan fingerprint density at radius 2 is 2.07 bits per heavy atom. The van der Waals surface area contributed by atoms with E-state index in [9.17, 15) is 4.79 Å². The molecule has 0 fully saturated rings. The number of hydrogen-bond donors (Lipinski definition) is 2. The van der Waals surface area contributed by atoms with Crippen LogP contribution >= 0.6 is 0 Å². The van der Waals surface area contributed by atoms with E-state index in [0.29, 0.717) is 6.42 Å². The predicted octanol–water partition coefficient (Wildman–Crippen LogP) is 0.511. The van der Waals surface area contributed by atoms with E-state index in [0.717, 1.165) is 5.56 Å². The summed E-state index contributed by atoms with van der Waals surface area (Å²) in [6.45, 7) is 3.48. The summed E-state index contributed by atoms with van der Waals surface area (Å²) >= 11 is 0. The average Bonchev–Trinajstić information content (AvgIpc) is 2.18. The second kappa shape index (κ2) is 4.89. The summed E-state index contributed by atoms with van der Waals surface area (Å²) in [5, 5.41) is 11.7. The van der Waals surface area contributed by atoms with Gasteiger partial charge in [0.15, 0.2) is 0 Å². The van der Waals surface area contributed by atoms with Crippen LogP contribution in [0.4, 0.5) is 0 Å². The summed E-state index contributed by atoms with van der Waals surface area (Å²) in [6.07, 6.45) is 3.62. The van der Waals surface area contributed by atoms with E-state index in [1.54, 1.807) is 38.4 Å². The molecule has 0 saturated heterocycles. The third-order valence-electron chi connectivity index (χ3n) is 1.99. The zero-order valence-corrected chi connectivity index (χ0v) is 9.03. The third kappa shape index (κ3) is 4.08. The van der Waals surface area contributed by atoms with E-state index in [1.807, 2.05) is 0 Å². The minimum atomic E-state index is -0.565. The first-order chi connectivity index (χ1) is 7.03. The fraction of sp³-hybridized carbons (Fsp3) is 0.455. The summed E-state index contributed by atoms with van der Waals surface area (Å²) in [7, 11) is 0. The smallest absolute Gasteiger partial charge is 0.224 e. The first-order valence-corrected chi connectivity index (χ1v) is 4.84. The van der Waals surface area contributed by atoms with Gasteiger partial charge in [0.05, 0.1) is 18.6 Å².